The molecule has 1 N–H and O–H groups in total. The molecule has 2 heterocycles. The van der Waals surface area contributed by atoms with Gasteiger partial charge in [-0.3, -0.25) is 4.79 Å². The van der Waals surface area contributed by atoms with Crippen molar-refractivity contribution in [3.63, 3.8) is 0 Å². The molecule has 7 heteroatoms. The summed E-state index contributed by atoms with van der Waals surface area (Å²) in [6, 6.07) is 5.71. The van der Waals surface area contributed by atoms with Gasteiger partial charge in [0.25, 0.3) is 5.56 Å². The van der Waals surface area contributed by atoms with E-state index in [0.717, 1.165) is 46.5 Å². The van der Waals surface area contributed by atoms with Crippen molar-refractivity contribution in [2.45, 2.75) is 37.1 Å². The zero-order valence-electron chi connectivity index (χ0n) is 15.6. The third-order valence-electron chi connectivity index (χ3n) is 5.00. The molecule has 0 saturated heterocycles. The van der Waals surface area contributed by atoms with Gasteiger partial charge in [0.05, 0.1) is 19.6 Å². The highest BCUT2D eigenvalue weighted by Gasteiger charge is 2.23. The van der Waals surface area contributed by atoms with E-state index in [1.54, 1.807) is 25.6 Å². The third-order valence-corrected chi connectivity index (χ3v) is 7.07. The van der Waals surface area contributed by atoms with Gasteiger partial charge in [-0.2, -0.15) is 0 Å². The van der Waals surface area contributed by atoms with Gasteiger partial charge in [0.1, 0.15) is 16.3 Å². The Morgan fingerprint density at radius 1 is 1.33 bits per heavy atom. The van der Waals surface area contributed by atoms with Gasteiger partial charge >= 0.3 is 0 Å². The molecule has 0 aliphatic heterocycles. The fourth-order valence-corrected chi connectivity index (χ4v) is 5.82. The lowest BCUT2D eigenvalue weighted by Crippen LogP contribution is -2.13. The number of ether oxygens (including phenoxy) is 2. The summed E-state index contributed by atoms with van der Waals surface area (Å²) in [6.07, 6.45) is 3.18. The molecule has 1 aliphatic carbocycles. The van der Waals surface area contributed by atoms with Crippen LogP contribution in [0.4, 0.5) is 0 Å². The maximum absolute atomic E-state index is 12.7. The molecule has 142 valence electrons. The summed E-state index contributed by atoms with van der Waals surface area (Å²) >= 11 is 3.18. The first-order valence-electron chi connectivity index (χ1n) is 8.97. The molecular formula is C20H22N2O3S2. The molecule has 1 aromatic carbocycles. The molecule has 1 aliphatic rings. The maximum Gasteiger partial charge on any atom is 0.260 e. The summed E-state index contributed by atoms with van der Waals surface area (Å²) in [5, 5.41) is 1.44. The van der Waals surface area contributed by atoms with Gasteiger partial charge in [-0.05, 0) is 48.9 Å². The number of rotatable bonds is 5. The SMILES string of the molecule is COc1ccc(OC)c(CSc2nc3sc4c(c3c(=O)[nH]2)CC[C@H](C)C4)c1. The molecule has 0 fully saturated rings. The number of nitrogens with one attached hydrogen (secondary N) is 1. The van der Waals surface area contributed by atoms with Crippen LogP contribution >= 0.6 is 23.1 Å². The molecule has 3 aromatic rings. The minimum absolute atomic E-state index is 0.0211. The van der Waals surface area contributed by atoms with E-state index in [2.05, 4.69) is 11.9 Å². The van der Waals surface area contributed by atoms with Crippen molar-refractivity contribution in [2.75, 3.05) is 14.2 Å². The van der Waals surface area contributed by atoms with Crippen LogP contribution in [-0.2, 0) is 18.6 Å². The molecule has 4 rings (SSSR count). The van der Waals surface area contributed by atoms with Crippen LogP contribution in [0.5, 0.6) is 11.5 Å². The molecule has 0 radical (unpaired) electrons. The van der Waals surface area contributed by atoms with E-state index in [-0.39, 0.29) is 5.56 Å². The fourth-order valence-electron chi connectivity index (χ4n) is 3.54. The Kier molecular flexibility index (Phi) is 5.14. The molecule has 0 bridgehead atoms. The van der Waals surface area contributed by atoms with Crippen LogP contribution in [-0.4, -0.2) is 24.2 Å². The zero-order chi connectivity index (χ0) is 19.0. The number of hydrogen-bond acceptors (Lipinski definition) is 6. The number of hydrogen-bond donors (Lipinski definition) is 1. The van der Waals surface area contributed by atoms with E-state index in [1.165, 1.54) is 22.2 Å². The van der Waals surface area contributed by atoms with Crippen molar-refractivity contribution in [1.29, 1.82) is 0 Å². The van der Waals surface area contributed by atoms with E-state index in [1.807, 2.05) is 18.2 Å². The topological polar surface area (TPSA) is 64.2 Å². The highest BCUT2D eigenvalue weighted by atomic mass is 32.2. The van der Waals surface area contributed by atoms with Gasteiger partial charge in [-0.1, -0.05) is 18.7 Å². The Hall–Kier alpha value is -1.99. The first-order chi connectivity index (χ1) is 13.1. The molecule has 0 amide bonds. The summed E-state index contributed by atoms with van der Waals surface area (Å²) in [6.45, 7) is 2.27. The number of methoxy groups -OCH3 is 2. The standard InChI is InChI=1S/C20H22N2O3S2/c1-11-4-6-14-16(8-11)27-19-17(14)18(23)21-20(22-19)26-10-12-9-13(24-2)5-7-15(12)25-3/h5,7,9,11H,4,6,8,10H2,1-3H3,(H,21,22,23)/t11-/m0/s1. The summed E-state index contributed by atoms with van der Waals surface area (Å²) in [5.74, 6) is 2.89. The molecule has 2 aromatic heterocycles. The predicted molar refractivity (Wildman–Crippen MR) is 111 cm³/mol. The van der Waals surface area contributed by atoms with Crippen LogP contribution in [0.15, 0.2) is 28.2 Å². The largest absolute Gasteiger partial charge is 0.497 e. The lowest BCUT2D eigenvalue weighted by atomic mass is 9.89. The molecule has 0 spiro atoms. The van der Waals surface area contributed by atoms with Crippen molar-refractivity contribution in [1.82, 2.24) is 9.97 Å². The number of thioether (sulfide) groups is 1. The number of aromatic nitrogens is 2. The number of benzene rings is 1. The minimum Gasteiger partial charge on any atom is -0.497 e. The average molecular weight is 403 g/mol. The van der Waals surface area contributed by atoms with Crippen molar-refractivity contribution >= 4 is 33.3 Å². The smallest absolute Gasteiger partial charge is 0.260 e. The van der Waals surface area contributed by atoms with Crippen LogP contribution in [0.2, 0.25) is 0 Å². The first kappa shape index (κ1) is 18.4. The van der Waals surface area contributed by atoms with Gasteiger partial charge < -0.3 is 14.5 Å². The van der Waals surface area contributed by atoms with Crippen LogP contribution in [0, 0.1) is 5.92 Å². The normalized spacial score (nSPS) is 16.3. The van der Waals surface area contributed by atoms with Gasteiger partial charge in [-0.15, -0.1) is 11.3 Å². The molecular weight excluding hydrogens is 380 g/mol. The number of aromatic amines is 1. The highest BCUT2D eigenvalue weighted by Crippen LogP contribution is 2.36. The second-order valence-corrected chi connectivity index (χ2v) is 8.92. The van der Waals surface area contributed by atoms with E-state index in [0.29, 0.717) is 16.8 Å². The highest BCUT2D eigenvalue weighted by molar-refractivity contribution is 7.98. The van der Waals surface area contributed by atoms with Crippen LogP contribution < -0.4 is 15.0 Å². The molecule has 1 atom stereocenters. The summed E-state index contributed by atoms with van der Waals surface area (Å²) in [5.41, 5.74) is 2.20. The molecule has 27 heavy (non-hydrogen) atoms. The number of aryl methyl sites for hydroxylation is 1. The summed E-state index contributed by atoms with van der Waals surface area (Å²) in [7, 11) is 3.30. The Morgan fingerprint density at radius 3 is 2.96 bits per heavy atom. The lowest BCUT2D eigenvalue weighted by molar-refractivity contribution is 0.400. The average Bonchev–Trinajstić information content (AvgIpc) is 3.03. The Balaban J connectivity index is 1.63. The Bertz CT molecular complexity index is 1040. The summed E-state index contributed by atoms with van der Waals surface area (Å²) < 4.78 is 10.7. The number of nitrogens with zero attached hydrogens (tertiary/aromatic N) is 1. The monoisotopic (exact) mass is 402 g/mol. The van der Waals surface area contributed by atoms with Crippen molar-refractivity contribution in [3.8, 4) is 11.5 Å². The van der Waals surface area contributed by atoms with Crippen molar-refractivity contribution in [2.24, 2.45) is 5.92 Å². The Labute approximate surface area is 166 Å². The van der Waals surface area contributed by atoms with Gasteiger partial charge in [0.15, 0.2) is 5.16 Å². The minimum atomic E-state index is -0.0211. The van der Waals surface area contributed by atoms with E-state index in [4.69, 9.17) is 14.5 Å². The lowest BCUT2D eigenvalue weighted by Gasteiger charge is -2.17. The third kappa shape index (κ3) is 3.58. The number of H-pyrrole nitrogens is 1. The van der Waals surface area contributed by atoms with E-state index >= 15 is 0 Å². The fraction of sp³-hybridized carbons (Fsp3) is 0.400. The quantitative estimate of drug-likeness (QED) is 0.506. The van der Waals surface area contributed by atoms with E-state index in [9.17, 15) is 4.79 Å². The van der Waals surface area contributed by atoms with Gasteiger partial charge in [0.2, 0.25) is 0 Å². The zero-order valence-corrected chi connectivity index (χ0v) is 17.3. The Morgan fingerprint density at radius 2 is 2.19 bits per heavy atom. The molecule has 0 unspecified atom stereocenters. The van der Waals surface area contributed by atoms with E-state index < -0.39 is 0 Å². The van der Waals surface area contributed by atoms with Crippen molar-refractivity contribution < 1.29 is 9.47 Å². The van der Waals surface area contributed by atoms with Crippen molar-refractivity contribution in [3.05, 3.63) is 44.6 Å². The second kappa shape index (κ2) is 7.56. The molecule has 5 nitrogen and oxygen atoms in total. The summed E-state index contributed by atoms with van der Waals surface area (Å²) in [4.78, 5) is 22.6. The molecule has 0 saturated carbocycles. The van der Waals surface area contributed by atoms with Gasteiger partial charge in [0, 0.05) is 16.2 Å². The van der Waals surface area contributed by atoms with Crippen LogP contribution in [0.25, 0.3) is 10.2 Å². The second-order valence-electron chi connectivity index (χ2n) is 6.87. The number of fused-ring (bicyclic) bond motifs is 3. The van der Waals surface area contributed by atoms with Crippen LogP contribution in [0.1, 0.15) is 29.3 Å². The number of thiophene rings is 1. The maximum atomic E-state index is 12.7. The predicted octanol–water partition coefficient (Wildman–Crippen LogP) is 4.42. The van der Waals surface area contributed by atoms with Crippen LogP contribution in [0.3, 0.4) is 0 Å². The first-order valence-corrected chi connectivity index (χ1v) is 10.8. The van der Waals surface area contributed by atoms with Gasteiger partial charge in [-0.25, -0.2) is 4.98 Å².